The van der Waals surface area contributed by atoms with Gasteiger partial charge in [0.15, 0.2) is 0 Å². The van der Waals surface area contributed by atoms with E-state index in [-0.39, 0.29) is 0 Å². The maximum Gasteiger partial charge on any atom is 0.410 e. The van der Waals surface area contributed by atoms with Crippen LogP contribution in [0, 0.1) is 0 Å². The van der Waals surface area contributed by atoms with Crippen molar-refractivity contribution in [3.8, 4) is 0 Å². The SMILES string of the molecule is FC(F)(F)CO[Si]1(OCC(F)(F)F)C[Si](OCC(F)(F)F)(OCC(F)(F)F)C1. The molecule has 28 heavy (non-hydrogen) atoms. The molecule has 0 radical (unpaired) electrons. The molecule has 0 amide bonds. The largest absolute Gasteiger partial charge is 0.410 e. The highest BCUT2D eigenvalue weighted by molar-refractivity contribution is 7.03. The van der Waals surface area contributed by atoms with Crippen LogP contribution in [-0.4, -0.2) is 68.3 Å². The lowest BCUT2D eigenvalue weighted by molar-refractivity contribution is -0.177. The van der Waals surface area contributed by atoms with E-state index in [0.717, 1.165) is 0 Å². The van der Waals surface area contributed by atoms with Crippen LogP contribution in [0.25, 0.3) is 0 Å². The molecule has 168 valence electrons. The van der Waals surface area contributed by atoms with E-state index in [0.29, 0.717) is 0 Å². The van der Waals surface area contributed by atoms with Crippen LogP contribution < -0.4 is 0 Å². The smallest absolute Gasteiger partial charge is 0.385 e. The molecule has 0 unspecified atom stereocenters. The molecule has 4 nitrogen and oxygen atoms in total. The molecule has 0 spiro atoms. The highest BCUT2D eigenvalue weighted by atomic mass is 28.5. The second kappa shape index (κ2) is 8.28. The Morgan fingerprint density at radius 1 is 0.429 bits per heavy atom. The third kappa shape index (κ3) is 9.76. The van der Waals surface area contributed by atoms with Gasteiger partial charge < -0.3 is 17.7 Å². The minimum absolute atomic E-state index is 1.11. The van der Waals surface area contributed by atoms with Crippen molar-refractivity contribution in [2.45, 2.75) is 36.0 Å². The molecule has 1 heterocycles. The zero-order valence-corrected chi connectivity index (χ0v) is 15.4. The van der Waals surface area contributed by atoms with Gasteiger partial charge in [0.05, 0.1) is 0 Å². The van der Waals surface area contributed by atoms with E-state index in [4.69, 9.17) is 0 Å². The van der Waals surface area contributed by atoms with Crippen molar-refractivity contribution in [2.75, 3.05) is 26.4 Å². The lowest BCUT2D eigenvalue weighted by atomic mass is 10.7. The molecule has 0 atom stereocenters. The van der Waals surface area contributed by atoms with Crippen molar-refractivity contribution in [1.29, 1.82) is 0 Å². The first-order valence-corrected chi connectivity index (χ1v) is 11.5. The van der Waals surface area contributed by atoms with Gasteiger partial charge in [-0.3, -0.25) is 0 Å². The van der Waals surface area contributed by atoms with Crippen molar-refractivity contribution in [3.05, 3.63) is 0 Å². The van der Waals surface area contributed by atoms with Gasteiger partial charge in [0.25, 0.3) is 0 Å². The lowest BCUT2D eigenvalue weighted by Crippen LogP contribution is -2.70. The van der Waals surface area contributed by atoms with Crippen LogP contribution >= 0.6 is 0 Å². The molecule has 0 saturated carbocycles. The standard InChI is InChI=1S/C10H12F12O4Si2/c11-7(12,13)1-23-27(24-2-8(14,15)16)5-28(6-27,25-3-9(17,18)19)26-4-10(20,21)22/h1-6H2. The van der Waals surface area contributed by atoms with E-state index in [1.807, 2.05) is 0 Å². The molecule has 1 rings (SSSR count). The molecule has 1 fully saturated rings. The Kier molecular flexibility index (Phi) is 7.54. The molecule has 0 aromatic carbocycles. The highest BCUT2D eigenvalue weighted by Gasteiger charge is 2.68. The van der Waals surface area contributed by atoms with E-state index < -0.39 is 79.6 Å². The fraction of sp³-hybridized carbons (Fsp3) is 1.00. The van der Waals surface area contributed by atoms with Gasteiger partial charge in [-0.1, -0.05) is 0 Å². The molecule has 1 aliphatic rings. The summed E-state index contributed by atoms with van der Waals surface area (Å²) in [7, 11) is -8.91. The van der Waals surface area contributed by atoms with Crippen LogP contribution in [0.2, 0.25) is 11.3 Å². The second-order valence-electron chi connectivity index (χ2n) is 5.79. The Labute approximate surface area is 151 Å². The van der Waals surface area contributed by atoms with E-state index in [1.54, 1.807) is 0 Å². The average molecular weight is 480 g/mol. The van der Waals surface area contributed by atoms with Crippen LogP contribution in [0.4, 0.5) is 52.7 Å². The van der Waals surface area contributed by atoms with E-state index in [1.165, 1.54) is 0 Å². The Balaban J connectivity index is 2.93. The van der Waals surface area contributed by atoms with Gasteiger partial charge in [-0.2, -0.15) is 52.7 Å². The number of hydrogen-bond acceptors (Lipinski definition) is 4. The maximum absolute atomic E-state index is 12.3. The Bertz CT molecular complexity index is 424. The Hall–Kier alpha value is -0.566. The number of halogens is 12. The molecule has 1 aliphatic heterocycles. The summed E-state index contributed by atoms with van der Waals surface area (Å²) in [6.07, 6.45) is -20.1. The third-order valence-corrected chi connectivity index (χ3v) is 14.4. The normalized spacial score (nSPS) is 20.1. The number of alkyl halides is 12. The van der Waals surface area contributed by atoms with E-state index in [9.17, 15) is 52.7 Å². The summed E-state index contributed by atoms with van der Waals surface area (Å²) in [5.74, 6) is 0. The molecular weight excluding hydrogens is 468 g/mol. The maximum atomic E-state index is 12.3. The molecule has 0 aromatic heterocycles. The summed E-state index contributed by atoms with van der Waals surface area (Å²) in [4.78, 5) is 0. The zero-order chi connectivity index (χ0) is 22.1. The molecule has 0 aliphatic carbocycles. The summed E-state index contributed by atoms with van der Waals surface area (Å²) in [5, 5.41) is 0. The average Bonchev–Trinajstić information content (AvgIpc) is 2.40. The van der Waals surface area contributed by atoms with Gasteiger partial charge in [0.2, 0.25) is 0 Å². The van der Waals surface area contributed by atoms with Crippen LogP contribution in [0.15, 0.2) is 0 Å². The molecule has 0 aromatic rings. The first-order chi connectivity index (χ1) is 12.2. The fourth-order valence-corrected chi connectivity index (χ4v) is 13.4. The summed E-state index contributed by atoms with van der Waals surface area (Å²) < 4.78 is 165. The van der Waals surface area contributed by atoms with Gasteiger partial charge in [0, 0.05) is 11.3 Å². The Morgan fingerprint density at radius 3 is 0.750 bits per heavy atom. The van der Waals surface area contributed by atoms with Crippen molar-refractivity contribution in [2.24, 2.45) is 0 Å². The minimum Gasteiger partial charge on any atom is -0.385 e. The van der Waals surface area contributed by atoms with E-state index >= 15 is 0 Å². The summed E-state index contributed by atoms with van der Waals surface area (Å²) in [6.45, 7) is -8.33. The monoisotopic (exact) mass is 480 g/mol. The number of hydrogen-bond donors (Lipinski definition) is 0. The van der Waals surface area contributed by atoms with Crippen molar-refractivity contribution in [3.63, 3.8) is 0 Å². The van der Waals surface area contributed by atoms with Crippen LogP contribution in [0.5, 0.6) is 0 Å². The van der Waals surface area contributed by atoms with Crippen molar-refractivity contribution >= 4 is 17.1 Å². The first-order valence-electron chi connectivity index (χ1n) is 7.07. The van der Waals surface area contributed by atoms with Crippen molar-refractivity contribution < 1.29 is 70.4 Å². The van der Waals surface area contributed by atoms with Crippen LogP contribution in [-0.2, 0) is 17.7 Å². The molecular formula is C10H12F12O4Si2. The zero-order valence-electron chi connectivity index (χ0n) is 13.4. The fourth-order valence-electron chi connectivity index (χ4n) is 2.11. The van der Waals surface area contributed by atoms with Crippen molar-refractivity contribution in [1.82, 2.24) is 0 Å². The third-order valence-electron chi connectivity index (χ3n) is 3.07. The lowest BCUT2D eigenvalue weighted by Gasteiger charge is -2.49. The highest BCUT2D eigenvalue weighted by Crippen LogP contribution is 2.45. The Morgan fingerprint density at radius 2 is 0.607 bits per heavy atom. The number of rotatable bonds is 8. The van der Waals surface area contributed by atoms with Gasteiger partial charge in [-0.25, -0.2) is 0 Å². The van der Waals surface area contributed by atoms with Gasteiger partial charge in [-0.05, 0) is 0 Å². The quantitative estimate of drug-likeness (QED) is 0.384. The second-order valence-corrected chi connectivity index (χ2v) is 13.4. The summed E-state index contributed by atoms with van der Waals surface area (Å²) >= 11 is 0. The molecule has 0 bridgehead atoms. The van der Waals surface area contributed by atoms with Gasteiger partial charge >= 0.3 is 41.8 Å². The predicted molar refractivity (Wildman–Crippen MR) is 69.2 cm³/mol. The first kappa shape index (κ1) is 25.5. The van der Waals surface area contributed by atoms with Crippen LogP contribution in [0.1, 0.15) is 0 Å². The minimum atomic E-state index is -5.01. The van der Waals surface area contributed by atoms with Gasteiger partial charge in [0.1, 0.15) is 26.4 Å². The summed E-state index contributed by atoms with van der Waals surface area (Å²) in [6, 6.07) is 0. The van der Waals surface area contributed by atoms with E-state index in [2.05, 4.69) is 17.7 Å². The topological polar surface area (TPSA) is 36.9 Å². The molecule has 1 saturated heterocycles. The van der Waals surface area contributed by atoms with Crippen LogP contribution in [0.3, 0.4) is 0 Å². The summed E-state index contributed by atoms with van der Waals surface area (Å²) in [5.41, 5.74) is -2.23. The van der Waals surface area contributed by atoms with Gasteiger partial charge in [-0.15, -0.1) is 0 Å². The molecule has 18 heteroatoms. The predicted octanol–water partition coefficient (Wildman–Crippen LogP) is 4.28. The molecule has 0 N–H and O–H groups in total.